The second kappa shape index (κ2) is 12.5. The van der Waals surface area contributed by atoms with Gasteiger partial charge in [-0.05, 0) is 0 Å². The number of unbranched alkanes of at least 4 members (excludes halogenated alkanes) is 3. The summed E-state index contributed by atoms with van der Waals surface area (Å²) in [6.45, 7) is 8.93. The molecule has 0 aliphatic heterocycles. The molecule has 0 saturated heterocycles. The number of esters is 1. The first-order valence-electron chi connectivity index (χ1n) is 11.7. The van der Waals surface area contributed by atoms with E-state index in [9.17, 15) is 4.79 Å². The van der Waals surface area contributed by atoms with Crippen molar-refractivity contribution in [2.45, 2.75) is 79.5 Å². The van der Waals surface area contributed by atoms with E-state index < -0.39 is 18.4 Å². The van der Waals surface area contributed by atoms with E-state index in [1.165, 1.54) is 62.5 Å². The van der Waals surface area contributed by atoms with Gasteiger partial charge in [0.05, 0.1) is 0 Å². The first-order valence-corrected chi connectivity index (χ1v) is 19.1. The van der Waals surface area contributed by atoms with E-state index in [0.29, 0.717) is 5.56 Å². The fraction of sp³-hybridized carbons (Fsp3) is 0.538. The van der Waals surface area contributed by atoms with Crippen molar-refractivity contribution in [1.29, 1.82) is 0 Å². The van der Waals surface area contributed by atoms with Gasteiger partial charge in [-0.1, -0.05) is 0 Å². The van der Waals surface area contributed by atoms with Crippen LogP contribution in [0, 0.1) is 6.92 Å². The predicted octanol–water partition coefficient (Wildman–Crippen LogP) is 6.90. The van der Waals surface area contributed by atoms with Crippen molar-refractivity contribution in [1.82, 2.24) is 4.98 Å². The average molecular weight is 516 g/mol. The van der Waals surface area contributed by atoms with Crippen molar-refractivity contribution >= 4 is 27.9 Å². The molecule has 1 heterocycles. The van der Waals surface area contributed by atoms with E-state index in [1.54, 1.807) is 0 Å². The van der Waals surface area contributed by atoms with Crippen molar-refractivity contribution in [2.75, 3.05) is 7.11 Å². The average Bonchev–Trinajstić information content (AvgIpc) is 2.78. The van der Waals surface area contributed by atoms with Crippen molar-refractivity contribution in [3.63, 3.8) is 0 Å². The normalized spacial score (nSPS) is 11.5. The molecule has 0 fully saturated rings. The monoisotopic (exact) mass is 517 g/mol. The summed E-state index contributed by atoms with van der Waals surface area (Å²) in [5.41, 5.74) is 3.82. The molecule has 0 unspecified atom stereocenters. The van der Waals surface area contributed by atoms with Crippen molar-refractivity contribution < 1.29 is 9.53 Å². The maximum absolute atomic E-state index is 12.6. The summed E-state index contributed by atoms with van der Waals surface area (Å²) in [6, 6.07) is 10.7. The van der Waals surface area contributed by atoms with Crippen molar-refractivity contribution in [2.24, 2.45) is 0 Å². The first-order chi connectivity index (χ1) is 14.5. The Morgan fingerprint density at radius 2 is 1.53 bits per heavy atom. The number of carbonyl (C=O) groups excluding carboxylic acids is 1. The Morgan fingerprint density at radius 3 is 2.00 bits per heavy atom. The van der Waals surface area contributed by atoms with Crippen molar-refractivity contribution in [3.05, 3.63) is 47.7 Å². The third kappa shape index (κ3) is 6.57. The molecule has 0 bridgehead atoms. The number of ether oxygens (including phenoxy) is 1. The number of methoxy groups -OCH3 is 1. The summed E-state index contributed by atoms with van der Waals surface area (Å²) in [4.78, 5) is 17.2. The molecule has 1 aromatic carbocycles. The molecule has 1 aromatic heterocycles. The van der Waals surface area contributed by atoms with Gasteiger partial charge in [0, 0.05) is 0 Å². The molecule has 0 aliphatic carbocycles. The summed E-state index contributed by atoms with van der Waals surface area (Å²) in [6.07, 6.45) is 9.50. The van der Waals surface area contributed by atoms with E-state index in [1.807, 2.05) is 12.3 Å². The molecular formula is C26H39NO2Sn. The molecule has 0 N–H and O–H groups in total. The molecule has 4 heteroatoms. The van der Waals surface area contributed by atoms with Crippen LogP contribution in [0.1, 0.15) is 75.2 Å². The van der Waals surface area contributed by atoms with Gasteiger partial charge in [-0.15, -0.1) is 0 Å². The third-order valence-corrected chi connectivity index (χ3v) is 21.7. The summed E-state index contributed by atoms with van der Waals surface area (Å²) < 4.78 is 10.7. The fourth-order valence-corrected chi connectivity index (χ4v) is 20.4. The van der Waals surface area contributed by atoms with Crippen LogP contribution >= 0.6 is 0 Å². The number of carbonyl (C=O) groups is 1. The summed E-state index contributed by atoms with van der Waals surface area (Å²) in [5.74, 6) is -0.244. The summed E-state index contributed by atoms with van der Waals surface area (Å²) in [5, 5.41) is 0. The Bertz CT molecular complexity index is 779. The van der Waals surface area contributed by atoms with Gasteiger partial charge in [0.15, 0.2) is 0 Å². The zero-order chi connectivity index (χ0) is 22.0. The quantitative estimate of drug-likeness (QED) is 0.228. The Labute approximate surface area is 187 Å². The van der Waals surface area contributed by atoms with E-state index in [-0.39, 0.29) is 5.97 Å². The SMILES string of the molecule is CCC[CH2][Sn]([CH2]CCC)([CH2]CCC)[c]1cc(C(=O)OC)cc(-c2ccc(C)cn2)c1. The van der Waals surface area contributed by atoms with Gasteiger partial charge in [-0.2, -0.15) is 0 Å². The second-order valence-electron chi connectivity index (χ2n) is 8.60. The molecule has 0 aliphatic rings. The molecule has 0 atom stereocenters. The molecule has 0 amide bonds. The van der Waals surface area contributed by atoms with E-state index in [0.717, 1.165) is 16.8 Å². The van der Waals surface area contributed by atoms with E-state index >= 15 is 0 Å². The zero-order valence-corrected chi connectivity index (χ0v) is 22.4. The molecule has 2 aromatic rings. The zero-order valence-electron chi connectivity index (χ0n) is 19.6. The maximum atomic E-state index is 12.6. The van der Waals surface area contributed by atoms with Crippen LogP contribution < -0.4 is 3.58 Å². The third-order valence-electron chi connectivity index (χ3n) is 6.20. The van der Waals surface area contributed by atoms with Crippen LogP contribution in [-0.2, 0) is 4.74 Å². The molecule has 0 radical (unpaired) electrons. The standard InChI is InChI=1S/C14H12NO2.3C4H9.Sn/c1-10-6-7-13(15-9-10)11-4-3-5-12(8-11)14(16)17-2;3*1-3-4-2;/h4-9H,1-2H3;3*1,3-4H2,2H3;. The van der Waals surface area contributed by atoms with Crippen LogP contribution in [0.5, 0.6) is 0 Å². The number of rotatable bonds is 12. The molecule has 2 rings (SSSR count). The van der Waals surface area contributed by atoms with Crippen LogP contribution in [0.15, 0.2) is 36.5 Å². The van der Waals surface area contributed by atoms with E-state index in [2.05, 4.69) is 56.9 Å². The topological polar surface area (TPSA) is 39.2 Å². The number of aryl methyl sites for hydroxylation is 1. The van der Waals surface area contributed by atoms with Crippen LogP contribution in [0.25, 0.3) is 11.3 Å². The van der Waals surface area contributed by atoms with Crippen LogP contribution in [0.2, 0.25) is 13.3 Å². The molecule has 3 nitrogen and oxygen atoms in total. The van der Waals surface area contributed by atoms with Crippen LogP contribution in [0.3, 0.4) is 0 Å². The van der Waals surface area contributed by atoms with Gasteiger partial charge in [-0.25, -0.2) is 0 Å². The number of hydrogen-bond acceptors (Lipinski definition) is 3. The van der Waals surface area contributed by atoms with Gasteiger partial charge < -0.3 is 0 Å². The van der Waals surface area contributed by atoms with Gasteiger partial charge in [0.1, 0.15) is 0 Å². The van der Waals surface area contributed by atoms with Crippen LogP contribution in [0.4, 0.5) is 0 Å². The van der Waals surface area contributed by atoms with E-state index in [4.69, 9.17) is 4.74 Å². The summed E-state index contributed by atoms with van der Waals surface area (Å²) >= 11 is -2.68. The number of pyridine rings is 1. The van der Waals surface area contributed by atoms with Gasteiger partial charge in [0.2, 0.25) is 0 Å². The minimum atomic E-state index is -2.68. The molecular weight excluding hydrogens is 477 g/mol. The Morgan fingerprint density at radius 1 is 0.933 bits per heavy atom. The number of hydrogen-bond donors (Lipinski definition) is 0. The Balaban J connectivity index is 2.65. The molecule has 164 valence electrons. The van der Waals surface area contributed by atoms with Gasteiger partial charge >= 0.3 is 188 Å². The Kier molecular flexibility index (Phi) is 10.4. The fourth-order valence-electron chi connectivity index (χ4n) is 4.31. The van der Waals surface area contributed by atoms with Gasteiger partial charge in [-0.3, -0.25) is 0 Å². The number of benzene rings is 1. The molecule has 30 heavy (non-hydrogen) atoms. The van der Waals surface area contributed by atoms with Crippen molar-refractivity contribution in [3.8, 4) is 11.3 Å². The Hall–Kier alpha value is -1.36. The second-order valence-corrected chi connectivity index (χ2v) is 21.8. The first kappa shape index (κ1) is 24.9. The molecule has 0 spiro atoms. The minimum absolute atomic E-state index is 0.244. The number of nitrogens with zero attached hydrogens (tertiary/aromatic N) is 1. The van der Waals surface area contributed by atoms with Crippen LogP contribution in [-0.4, -0.2) is 36.4 Å². The summed E-state index contributed by atoms with van der Waals surface area (Å²) in [7, 11) is 1.47. The van der Waals surface area contributed by atoms with Gasteiger partial charge in [0.25, 0.3) is 0 Å². The predicted molar refractivity (Wildman–Crippen MR) is 130 cm³/mol. The molecule has 0 saturated carbocycles. The number of aromatic nitrogens is 1.